The van der Waals surface area contributed by atoms with Crippen LogP contribution in [0.3, 0.4) is 0 Å². The van der Waals surface area contributed by atoms with Gasteiger partial charge in [-0.25, -0.2) is 9.59 Å². The van der Waals surface area contributed by atoms with Crippen LogP contribution < -0.4 is 0 Å². The zero-order valence-corrected chi connectivity index (χ0v) is 14.0. The van der Waals surface area contributed by atoms with E-state index in [-0.39, 0.29) is 0 Å². The molecule has 0 saturated carbocycles. The second kappa shape index (κ2) is 8.34. The lowest BCUT2D eigenvalue weighted by molar-refractivity contribution is -0.134. The number of piperidine rings is 1. The van der Waals surface area contributed by atoms with E-state index in [9.17, 15) is 14.7 Å². The van der Waals surface area contributed by atoms with Crippen LogP contribution in [0.4, 0.5) is 0 Å². The number of benzene rings is 1. The van der Waals surface area contributed by atoms with Gasteiger partial charge >= 0.3 is 11.9 Å². The van der Waals surface area contributed by atoms with Crippen molar-refractivity contribution in [1.29, 1.82) is 0 Å². The first-order chi connectivity index (χ1) is 11.9. The third kappa shape index (κ3) is 5.36. The molecular formula is C18H22N2O5. The Balaban J connectivity index is 0.000000242. The van der Waals surface area contributed by atoms with Crippen LogP contribution in [0.15, 0.2) is 36.5 Å². The first-order valence-electron chi connectivity index (χ1n) is 7.99. The van der Waals surface area contributed by atoms with E-state index in [4.69, 9.17) is 10.2 Å². The number of phenolic OH excluding ortho intramolecular Hbond substituents is 1. The Labute approximate surface area is 145 Å². The summed E-state index contributed by atoms with van der Waals surface area (Å²) in [6, 6.07) is 5.56. The molecule has 4 N–H and O–H groups in total. The molecular weight excluding hydrogens is 324 g/mol. The summed E-state index contributed by atoms with van der Waals surface area (Å²) in [5, 5.41) is 26.4. The molecule has 1 aromatic carbocycles. The zero-order valence-electron chi connectivity index (χ0n) is 14.0. The number of carboxylic acid groups (broad SMARTS) is 2. The summed E-state index contributed by atoms with van der Waals surface area (Å²) in [4.78, 5) is 24.8. The summed E-state index contributed by atoms with van der Waals surface area (Å²) in [7, 11) is 2.18. The molecule has 0 spiro atoms. The molecule has 1 fully saturated rings. The van der Waals surface area contributed by atoms with Gasteiger partial charge in [0.15, 0.2) is 0 Å². The van der Waals surface area contributed by atoms with Gasteiger partial charge in [-0.3, -0.25) is 0 Å². The topological polar surface area (TPSA) is 114 Å². The predicted octanol–water partition coefficient (Wildman–Crippen LogP) is 2.39. The number of hydrogen-bond acceptors (Lipinski definition) is 4. The Bertz CT molecular complexity index is 757. The highest BCUT2D eigenvalue weighted by atomic mass is 16.4. The predicted molar refractivity (Wildman–Crippen MR) is 93.8 cm³/mol. The number of nitrogens with zero attached hydrogens (tertiary/aromatic N) is 1. The van der Waals surface area contributed by atoms with E-state index in [1.807, 2.05) is 12.1 Å². The van der Waals surface area contributed by atoms with Crippen molar-refractivity contribution in [2.75, 3.05) is 20.1 Å². The maximum absolute atomic E-state index is 9.59. The molecule has 0 aliphatic carbocycles. The number of hydrogen-bond donors (Lipinski definition) is 4. The highest BCUT2D eigenvalue weighted by Crippen LogP contribution is 2.34. The Hall–Kier alpha value is -2.80. The molecule has 0 radical (unpaired) electrons. The Morgan fingerprint density at radius 2 is 1.76 bits per heavy atom. The SMILES string of the molecule is CN1CCC(c2c[nH]c3ccc(O)cc23)CC1.O=C(O)C=CC(=O)O. The normalized spacial score (nSPS) is 15.9. The van der Waals surface area contributed by atoms with Crippen molar-refractivity contribution in [3.63, 3.8) is 0 Å². The van der Waals surface area contributed by atoms with Crippen LogP contribution >= 0.6 is 0 Å². The van der Waals surface area contributed by atoms with Crippen LogP contribution in [0, 0.1) is 0 Å². The van der Waals surface area contributed by atoms with Gasteiger partial charge in [0.25, 0.3) is 0 Å². The van der Waals surface area contributed by atoms with Crippen molar-refractivity contribution in [3.05, 3.63) is 42.1 Å². The Kier molecular flexibility index (Phi) is 6.19. The lowest BCUT2D eigenvalue weighted by Crippen LogP contribution is -2.29. The molecule has 7 nitrogen and oxygen atoms in total. The highest BCUT2D eigenvalue weighted by molar-refractivity contribution is 5.89. The molecule has 0 atom stereocenters. The highest BCUT2D eigenvalue weighted by Gasteiger charge is 2.20. The van der Waals surface area contributed by atoms with Crippen LogP contribution in [0.25, 0.3) is 10.9 Å². The van der Waals surface area contributed by atoms with Crippen LogP contribution in [0.1, 0.15) is 24.3 Å². The molecule has 1 aliphatic heterocycles. The summed E-state index contributed by atoms with van der Waals surface area (Å²) in [5.74, 6) is -1.53. The van der Waals surface area contributed by atoms with Gasteiger partial charge in [0.2, 0.25) is 0 Å². The molecule has 2 heterocycles. The summed E-state index contributed by atoms with van der Waals surface area (Å²) >= 11 is 0. The molecule has 0 amide bonds. The standard InChI is InChI=1S/C14H18N2O.C4H4O4/c1-16-6-4-10(5-7-16)13-9-15-14-3-2-11(17)8-12(13)14;5-3(6)1-2-4(7)8/h2-3,8-10,15,17H,4-7H2,1H3;1-2H,(H,5,6)(H,7,8). The minimum Gasteiger partial charge on any atom is -0.508 e. The quantitative estimate of drug-likeness (QED) is 0.635. The number of aromatic hydroxyl groups is 1. The molecule has 0 bridgehead atoms. The van der Waals surface area contributed by atoms with E-state index in [1.54, 1.807) is 6.07 Å². The summed E-state index contributed by atoms with van der Waals surface area (Å²) in [6.45, 7) is 2.33. The average molecular weight is 346 g/mol. The fourth-order valence-electron chi connectivity index (χ4n) is 2.93. The molecule has 0 unspecified atom stereocenters. The third-order valence-corrected chi connectivity index (χ3v) is 4.22. The van der Waals surface area contributed by atoms with Gasteiger partial charge in [-0.15, -0.1) is 0 Å². The molecule has 3 rings (SSSR count). The van der Waals surface area contributed by atoms with E-state index in [0.717, 1.165) is 18.6 Å². The number of rotatable bonds is 3. The molecule has 1 saturated heterocycles. The van der Waals surface area contributed by atoms with Crippen molar-refractivity contribution in [2.45, 2.75) is 18.8 Å². The molecule has 25 heavy (non-hydrogen) atoms. The van der Waals surface area contributed by atoms with Crippen molar-refractivity contribution in [2.24, 2.45) is 0 Å². The van der Waals surface area contributed by atoms with Gasteiger partial charge in [-0.05, 0) is 62.7 Å². The van der Waals surface area contributed by atoms with Gasteiger partial charge in [0.1, 0.15) is 5.75 Å². The number of aromatic nitrogens is 1. The van der Waals surface area contributed by atoms with E-state index < -0.39 is 11.9 Å². The number of aliphatic carboxylic acids is 2. The van der Waals surface area contributed by atoms with E-state index >= 15 is 0 Å². The number of phenols is 1. The number of carbonyl (C=O) groups is 2. The van der Waals surface area contributed by atoms with Crippen molar-refractivity contribution < 1.29 is 24.9 Å². The maximum Gasteiger partial charge on any atom is 0.328 e. The fraction of sp³-hybridized carbons (Fsp3) is 0.333. The molecule has 1 aromatic heterocycles. The molecule has 134 valence electrons. The largest absolute Gasteiger partial charge is 0.508 e. The first-order valence-corrected chi connectivity index (χ1v) is 7.99. The van der Waals surface area contributed by atoms with E-state index in [0.29, 0.717) is 23.8 Å². The Morgan fingerprint density at radius 1 is 1.16 bits per heavy atom. The Morgan fingerprint density at radius 3 is 2.32 bits per heavy atom. The van der Waals surface area contributed by atoms with Gasteiger partial charge in [0, 0.05) is 29.3 Å². The number of H-pyrrole nitrogens is 1. The molecule has 2 aromatic rings. The summed E-state index contributed by atoms with van der Waals surface area (Å²) in [5.41, 5.74) is 2.49. The minimum atomic E-state index is -1.26. The van der Waals surface area contributed by atoms with Crippen LogP contribution in [-0.2, 0) is 9.59 Å². The van der Waals surface area contributed by atoms with E-state index in [2.05, 4.69) is 23.1 Å². The average Bonchev–Trinajstić information content (AvgIpc) is 2.97. The number of likely N-dealkylation sites (tertiary alicyclic amines) is 1. The van der Waals surface area contributed by atoms with E-state index in [1.165, 1.54) is 23.8 Å². The van der Waals surface area contributed by atoms with Gasteiger partial charge in [-0.2, -0.15) is 0 Å². The summed E-state index contributed by atoms with van der Waals surface area (Å²) in [6.07, 6.45) is 5.64. The number of carboxylic acids is 2. The molecule has 7 heteroatoms. The van der Waals surface area contributed by atoms with Gasteiger partial charge < -0.3 is 25.2 Å². The second-order valence-electron chi connectivity index (χ2n) is 6.06. The van der Waals surface area contributed by atoms with Crippen LogP contribution in [0.2, 0.25) is 0 Å². The van der Waals surface area contributed by atoms with Crippen molar-refractivity contribution in [3.8, 4) is 5.75 Å². The molecule has 1 aliphatic rings. The number of fused-ring (bicyclic) bond motifs is 1. The third-order valence-electron chi connectivity index (χ3n) is 4.22. The lowest BCUT2D eigenvalue weighted by Gasteiger charge is -2.28. The smallest absolute Gasteiger partial charge is 0.328 e. The maximum atomic E-state index is 9.59. The number of nitrogens with one attached hydrogen (secondary N) is 1. The number of aromatic amines is 1. The fourth-order valence-corrected chi connectivity index (χ4v) is 2.93. The summed E-state index contributed by atoms with van der Waals surface area (Å²) < 4.78 is 0. The monoisotopic (exact) mass is 346 g/mol. The van der Waals surface area contributed by atoms with Crippen molar-refractivity contribution >= 4 is 22.8 Å². The van der Waals surface area contributed by atoms with Gasteiger partial charge in [-0.1, -0.05) is 0 Å². The lowest BCUT2D eigenvalue weighted by atomic mass is 9.89. The van der Waals surface area contributed by atoms with Crippen LogP contribution in [0.5, 0.6) is 5.75 Å². The van der Waals surface area contributed by atoms with Crippen molar-refractivity contribution in [1.82, 2.24) is 9.88 Å². The zero-order chi connectivity index (χ0) is 18.4. The first kappa shape index (κ1) is 18.5. The minimum absolute atomic E-state index is 0.353. The van der Waals surface area contributed by atoms with Gasteiger partial charge in [0.05, 0.1) is 0 Å². The van der Waals surface area contributed by atoms with Crippen LogP contribution in [-0.4, -0.2) is 57.3 Å². The second-order valence-corrected chi connectivity index (χ2v) is 6.06.